The van der Waals surface area contributed by atoms with E-state index in [4.69, 9.17) is 4.74 Å². The van der Waals surface area contributed by atoms with Gasteiger partial charge in [0.05, 0.1) is 23.7 Å². The van der Waals surface area contributed by atoms with Crippen LogP contribution >= 0.6 is 11.3 Å². The number of anilines is 1. The second-order valence-electron chi connectivity index (χ2n) is 5.86. The van der Waals surface area contributed by atoms with Crippen molar-refractivity contribution in [2.45, 2.75) is 19.0 Å². The summed E-state index contributed by atoms with van der Waals surface area (Å²) in [7, 11) is 3.64. The molecule has 7 nitrogen and oxygen atoms in total. The monoisotopic (exact) mass is 344 g/mol. The highest BCUT2D eigenvalue weighted by atomic mass is 32.1. The number of aryl methyl sites for hydroxylation is 1. The summed E-state index contributed by atoms with van der Waals surface area (Å²) in [4.78, 5) is 11.4. The van der Waals surface area contributed by atoms with E-state index in [-0.39, 0.29) is 6.04 Å². The molecule has 0 fully saturated rings. The molecule has 1 aliphatic rings. The van der Waals surface area contributed by atoms with Gasteiger partial charge in [0.2, 0.25) is 0 Å². The smallest absolute Gasteiger partial charge is 0.139 e. The van der Waals surface area contributed by atoms with Gasteiger partial charge in [0.1, 0.15) is 17.0 Å². The van der Waals surface area contributed by atoms with Crippen LogP contribution in [0.2, 0.25) is 0 Å². The molecule has 0 bridgehead atoms. The Morgan fingerprint density at radius 2 is 2.38 bits per heavy atom. The number of aromatic nitrogens is 4. The molecular formula is C16H20N6OS. The van der Waals surface area contributed by atoms with Crippen LogP contribution in [0.4, 0.5) is 5.82 Å². The van der Waals surface area contributed by atoms with Crippen LogP contribution in [0.25, 0.3) is 10.2 Å². The van der Waals surface area contributed by atoms with E-state index >= 15 is 0 Å². The lowest BCUT2D eigenvalue weighted by Crippen LogP contribution is -2.23. The van der Waals surface area contributed by atoms with E-state index in [1.165, 1.54) is 10.4 Å². The molecule has 0 aromatic carbocycles. The first-order valence-electron chi connectivity index (χ1n) is 7.97. The Morgan fingerprint density at radius 1 is 1.46 bits per heavy atom. The summed E-state index contributed by atoms with van der Waals surface area (Å²) in [6, 6.07) is 1.99. The molecule has 3 aromatic rings. The molecule has 8 heteroatoms. The van der Waals surface area contributed by atoms with Crippen molar-refractivity contribution in [2.75, 3.05) is 25.6 Å². The summed E-state index contributed by atoms with van der Waals surface area (Å²) in [5.74, 6) is 0.877. The number of nitrogens with zero attached hydrogens (tertiary/aromatic N) is 4. The average Bonchev–Trinajstić information content (AvgIpc) is 3.18. The van der Waals surface area contributed by atoms with Crippen LogP contribution in [0, 0.1) is 0 Å². The van der Waals surface area contributed by atoms with Gasteiger partial charge in [0.25, 0.3) is 0 Å². The van der Waals surface area contributed by atoms with Crippen LogP contribution in [-0.2, 0) is 24.8 Å². The summed E-state index contributed by atoms with van der Waals surface area (Å²) in [5, 5.41) is 12.4. The highest BCUT2D eigenvalue weighted by molar-refractivity contribution is 7.18. The maximum Gasteiger partial charge on any atom is 0.139 e. The Bertz CT molecular complexity index is 857. The molecule has 1 unspecified atom stereocenters. The normalized spacial score (nSPS) is 15.4. The van der Waals surface area contributed by atoms with Crippen LogP contribution < -0.4 is 10.6 Å². The predicted octanol–water partition coefficient (Wildman–Crippen LogP) is 1.87. The number of nitrogens with one attached hydrogen (secondary N) is 2. The number of hydrogen-bond acceptors (Lipinski definition) is 7. The Kier molecular flexibility index (Phi) is 4.17. The molecule has 0 saturated heterocycles. The van der Waals surface area contributed by atoms with Gasteiger partial charge in [0.15, 0.2) is 0 Å². The molecule has 0 radical (unpaired) electrons. The third-order valence-electron chi connectivity index (χ3n) is 4.37. The SMILES string of the molecule is COCC(Nc1ncnc2sc3c(c12)CCNC3)c1ccnn1C. The fourth-order valence-electron chi connectivity index (χ4n) is 3.23. The van der Waals surface area contributed by atoms with Crippen LogP contribution in [-0.4, -0.2) is 40.0 Å². The standard InChI is InChI=1S/C16H20N6OS/c1-22-12(4-6-20-22)11(8-23-2)21-15-14-10-3-5-17-7-13(10)24-16(14)19-9-18-15/h4,6,9,11,17H,3,5,7-8H2,1-2H3,(H,18,19,21). The maximum atomic E-state index is 5.41. The second kappa shape index (κ2) is 6.46. The molecule has 24 heavy (non-hydrogen) atoms. The van der Waals surface area contributed by atoms with Gasteiger partial charge >= 0.3 is 0 Å². The number of thiophene rings is 1. The molecule has 0 amide bonds. The third kappa shape index (κ3) is 2.66. The summed E-state index contributed by atoms with van der Waals surface area (Å²) in [5.41, 5.74) is 2.44. The summed E-state index contributed by atoms with van der Waals surface area (Å²) < 4.78 is 7.27. The van der Waals surface area contributed by atoms with Gasteiger partial charge < -0.3 is 15.4 Å². The van der Waals surface area contributed by atoms with Gasteiger partial charge in [-0.05, 0) is 24.6 Å². The first-order valence-corrected chi connectivity index (χ1v) is 8.79. The van der Waals surface area contributed by atoms with E-state index in [1.54, 1.807) is 31.0 Å². The Hall–Kier alpha value is -2.03. The van der Waals surface area contributed by atoms with E-state index in [0.717, 1.165) is 41.2 Å². The summed E-state index contributed by atoms with van der Waals surface area (Å²) in [6.07, 6.45) is 4.44. The third-order valence-corrected chi connectivity index (χ3v) is 5.51. The van der Waals surface area contributed by atoms with Gasteiger partial charge in [-0.1, -0.05) is 0 Å². The van der Waals surface area contributed by atoms with E-state index in [2.05, 4.69) is 25.7 Å². The van der Waals surface area contributed by atoms with Crippen molar-refractivity contribution in [3.05, 3.63) is 34.7 Å². The number of hydrogen-bond donors (Lipinski definition) is 2. The van der Waals surface area contributed by atoms with Crippen LogP contribution in [0.1, 0.15) is 22.2 Å². The highest BCUT2D eigenvalue weighted by Gasteiger charge is 2.22. The zero-order valence-electron chi connectivity index (χ0n) is 13.7. The fraction of sp³-hybridized carbons (Fsp3) is 0.438. The fourth-order valence-corrected chi connectivity index (χ4v) is 4.38. The lowest BCUT2D eigenvalue weighted by Gasteiger charge is -2.20. The number of rotatable bonds is 5. The van der Waals surface area contributed by atoms with Gasteiger partial charge in [0, 0.05) is 31.8 Å². The van der Waals surface area contributed by atoms with E-state index in [9.17, 15) is 0 Å². The molecule has 4 heterocycles. The van der Waals surface area contributed by atoms with E-state index in [0.29, 0.717) is 6.61 Å². The Labute approximate surface area is 144 Å². The lowest BCUT2D eigenvalue weighted by atomic mass is 10.1. The first-order chi connectivity index (χ1) is 11.8. The summed E-state index contributed by atoms with van der Waals surface area (Å²) in [6.45, 7) is 2.45. The lowest BCUT2D eigenvalue weighted by molar-refractivity contribution is 0.184. The minimum Gasteiger partial charge on any atom is -0.382 e. The number of fused-ring (bicyclic) bond motifs is 3. The quantitative estimate of drug-likeness (QED) is 0.736. The van der Waals surface area contributed by atoms with E-state index < -0.39 is 0 Å². The maximum absolute atomic E-state index is 5.41. The predicted molar refractivity (Wildman–Crippen MR) is 94.3 cm³/mol. The largest absolute Gasteiger partial charge is 0.382 e. The van der Waals surface area contributed by atoms with Crippen molar-refractivity contribution in [1.82, 2.24) is 25.1 Å². The van der Waals surface area contributed by atoms with Gasteiger partial charge in [-0.3, -0.25) is 4.68 Å². The van der Waals surface area contributed by atoms with Crippen LogP contribution in [0.15, 0.2) is 18.6 Å². The molecule has 0 saturated carbocycles. The van der Waals surface area contributed by atoms with Crippen molar-refractivity contribution in [3.63, 3.8) is 0 Å². The zero-order valence-corrected chi connectivity index (χ0v) is 14.6. The second-order valence-corrected chi connectivity index (χ2v) is 6.95. The van der Waals surface area contributed by atoms with Crippen molar-refractivity contribution in [2.24, 2.45) is 7.05 Å². The van der Waals surface area contributed by atoms with Crippen molar-refractivity contribution < 1.29 is 4.74 Å². The molecule has 2 N–H and O–H groups in total. The minimum atomic E-state index is -0.0159. The van der Waals surface area contributed by atoms with Crippen LogP contribution in [0.5, 0.6) is 0 Å². The summed E-state index contributed by atoms with van der Waals surface area (Å²) >= 11 is 1.75. The zero-order chi connectivity index (χ0) is 16.5. The van der Waals surface area contributed by atoms with Gasteiger partial charge in [-0.25, -0.2) is 9.97 Å². The molecular weight excluding hydrogens is 324 g/mol. The van der Waals surface area contributed by atoms with Gasteiger partial charge in [-0.15, -0.1) is 11.3 Å². The number of ether oxygens (including phenoxy) is 1. The molecule has 0 aliphatic carbocycles. The topological polar surface area (TPSA) is 76.9 Å². The molecule has 126 valence electrons. The van der Waals surface area contributed by atoms with Crippen molar-refractivity contribution >= 4 is 27.4 Å². The Balaban J connectivity index is 1.75. The molecule has 1 aliphatic heterocycles. The molecule has 0 spiro atoms. The van der Waals surface area contributed by atoms with E-state index in [1.807, 2.05) is 17.8 Å². The minimum absolute atomic E-state index is 0.0159. The van der Waals surface area contributed by atoms with Gasteiger partial charge in [-0.2, -0.15) is 5.10 Å². The van der Waals surface area contributed by atoms with Crippen molar-refractivity contribution in [1.29, 1.82) is 0 Å². The number of methoxy groups -OCH3 is 1. The Morgan fingerprint density at radius 3 is 3.17 bits per heavy atom. The molecule has 1 atom stereocenters. The first kappa shape index (κ1) is 15.5. The molecule has 3 aromatic heterocycles. The average molecular weight is 344 g/mol. The van der Waals surface area contributed by atoms with Crippen molar-refractivity contribution in [3.8, 4) is 0 Å². The molecule has 4 rings (SSSR count). The highest BCUT2D eigenvalue weighted by Crippen LogP contribution is 2.36. The van der Waals surface area contributed by atoms with Crippen LogP contribution in [0.3, 0.4) is 0 Å².